The number of carbonyl (C=O) groups is 4. The molecule has 3 saturated heterocycles. The van der Waals surface area contributed by atoms with Crippen molar-refractivity contribution in [2.24, 2.45) is 5.16 Å². The molecule has 3 fully saturated rings. The molecule has 3 atom stereocenters. The Morgan fingerprint density at radius 2 is 1.84 bits per heavy atom. The number of β-lactam (4-membered cyclic amide) rings is 1. The number of carbonyl (C=O) groups excluding carboxylic acids is 4. The van der Waals surface area contributed by atoms with Crippen molar-refractivity contribution in [3.05, 3.63) is 101 Å². The Morgan fingerprint density at radius 3 is 2.45 bits per heavy atom. The molecule has 5 N–H and O–H groups in total. The Kier molecular flexibility index (Phi) is 9.16. The Morgan fingerprint density at radius 1 is 1.12 bits per heavy atom. The maximum Gasteiger partial charge on any atom is 0.356 e. The van der Waals surface area contributed by atoms with E-state index < -0.39 is 41.0 Å². The monoisotopic (exact) mass is 700 g/mol. The number of oxime groups is 1. The van der Waals surface area contributed by atoms with Crippen LogP contribution in [0.1, 0.15) is 35.9 Å². The summed E-state index contributed by atoms with van der Waals surface area (Å²) in [5, 5.41) is 17.8. The van der Waals surface area contributed by atoms with E-state index in [0.717, 1.165) is 42.2 Å². The number of nitrogens with zero attached hydrogens (tertiary/aromatic N) is 5. The van der Waals surface area contributed by atoms with Crippen LogP contribution in [0.25, 0.3) is 0 Å². The number of amides is 3. The maximum atomic E-state index is 14.3. The number of ether oxygens (including phenoxy) is 1. The number of esters is 1. The van der Waals surface area contributed by atoms with Gasteiger partial charge >= 0.3 is 5.97 Å². The van der Waals surface area contributed by atoms with Gasteiger partial charge in [-0.1, -0.05) is 65.8 Å². The fraction of sp³-hybridized carbons (Fsp3) is 0.303. The molecule has 4 aliphatic heterocycles. The molecule has 4 aliphatic rings. The molecule has 0 bridgehead atoms. The SMILES string of the molecule is Nc1nc(/C(=N/O)C(=O)N[C@@H]2C(=O)N3C(C(=O)OC(c4ccccc4)c4ccccc4)=C(/C=C4\CCN([C@@H]5CCNC5)C4=O)CS[C@H]23)ns1. The van der Waals surface area contributed by atoms with E-state index in [1.807, 2.05) is 65.6 Å². The highest BCUT2D eigenvalue weighted by Gasteiger charge is 2.55. The predicted octanol–water partition coefficient (Wildman–Crippen LogP) is 1.81. The van der Waals surface area contributed by atoms with E-state index in [9.17, 15) is 24.4 Å². The molecular formula is C33H32N8O6S2. The smallest absolute Gasteiger partial charge is 0.356 e. The first-order valence-electron chi connectivity index (χ1n) is 15.7. The second-order valence-corrected chi connectivity index (χ2v) is 13.7. The predicted molar refractivity (Wildman–Crippen MR) is 181 cm³/mol. The number of benzene rings is 2. The zero-order valence-electron chi connectivity index (χ0n) is 26.0. The summed E-state index contributed by atoms with van der Waals surface area (Å²) in [5.41, 5.74) is 7.66. The molecule has 7 rings (SSSR count). The number of hydrogen-bond acceptors (Lipinski definition) is 13. The molecule has 0 unspecified atom stereocenters. The van der Waals surface area contributed by atoms with E-state index in [0.29, 0.717) is 24.1 Å². The summed E-state index contributed by atoms with van der Waals surface area (Å²) in [7, 11) is 0. The maximum absolute atomic E-state index is 14.3. The Labute approximate surface area is 289 Å². The van der Waals surface area contributed by atoms with Crippen molar-refractivity contribution >= 4 is 57.8 Å². The quantitative estimate of drug-likeness (QED) is 0.0636. The summed E-state index contributed by atoms with van der Waals surface area (Å²) >= 11 is 2.15. The fourth-order valence-electron chi connectivity index (χ4n) is 6.45. The van der Waals surface area contributed by atoms with Gasteiger partial charge in [0, 0.05) is 42.0 Å². The number of likely N-dealkylation sites (tertiary alicyclic amines) is 1. The van der Waals surface area contributed by atoms with E-state index in [4.69, 9.17) is 10.5 Å². The van der Waals surface area contributed by atoms with Crippen molar-refractivity contribution in [1.29, 1.82) is 0 Å². The van der Waals surface area contributed by atoms with Crippen molar-refractivity contribution in [2.75, 3.05) is 31.1 Å². The highest BCUT2D eigenvalue weighted by atomic mass is 32.2. The van der Waals surface area contributed by atoms with Crippen LogP contribution in [-0.4, -0.2) is 96.6 Å². The van der Waals surface area contributed by atoms with Crippen molar-refractivity contribution in [1.82, 2.24) is 29.8 Å². The van der Waals surface area contributed by atoms with Crippen LogP contribution >= 0.6 is 23.3 Å². The lowest BCUT2D eigenvalue weighted by molar-refractivity contribution is -0.154. The van der Waals surface area contributed by atoms with Crippen LogP contribution in [0.4, 0.5) is 5.13 Å². The molecule has 14 nitrogen and oxygen atoms in total. The Bertz CT molecular complexity index is 1840. The lowest BCUT2D eigenvalue weighted by atomic mass is 9.99. The van der Waals surface area contributed by atoms with Gasteiger partial charge in [0.15, 0.2) is 11.2 Å². The summed E-state index contributed by atoms with van der Waals surface area (Å²) in [6.45, 7) is 2.17. The molecule has 2 aromatic carbocycles. The van der Waals surface area contributed by atoms with Gasteiger partial charge in [-0.15, -0.1) is 11.8 Å². The van der Waals surface area contributed by atoms with E-state index in [2.05, 4.69) is 25.1 Å². The number of thioether (sulfide) groups is 1. The van der Waals surface area contributed by atoms with Gasteiger partial charge < -0.3 is 31.2 Å². The molecule has 3 amide bonds. The fourth-order valence-corrected chi connectivity index (χ4v) is 8.19. The molecule has 252 valence electrons. The van der Waals surface area contributed by atoms with Crippen LogP contribution in [-0.2, 0) is 23.9 Å². The normalized spacial score (nSPS) is 23.2. The minimum absolute atomic E-state index is 0.0161. The number of nitrogens with two attached hydrogens (primary N) is 1. The van der Waals surface area contributed by atoms with Crippen molar-refractivity contribution in [3.8, 4) is 0 Å². The van der Waals surface area contributed by atoms with E-state index in [-0.39, 0.29) is 34.4 Å². The molecule has 0 saturated carbocycles. The molecule has 0 aliphatic carbocycles. The number of aromatic nitrogens is 2. The topological polar surface area (TPSA) is 192 Å². The van der Waals surface area contributed by atoms with E-state index in [1.165, 1.54) is 16.7 Å². The number of nitrogen functional groups attached to an aromatic ring is 1. The van der Waals surface area contributed by atoms with Crippen LogP contribution in [0.5, 0.6) is 0 Å². The number of fused-ring (bicyclic) bond motifs is 1. The Hall–Kier alpha value is -5.06. The second-order valence-electron chi connectivity index (χ2n) is 11.8. The van der Waals surface area contributed by atoms with Crippen LogP contribution in [0.2, 0.25) is 0 Å². The van der Waals surface area contributed by atoms with Crippen molar-refractivity contribution in [2.45, 2.75) is 36.4 Å². The summed E-state index contributed by atoms with van der Waals surface area (Å²) in [5.74, 6) is -2.19. The zero-order chi connectivity index (χ0) is 34.1. The number of nitrogens with one attached hydrogen (secondary N) is 2. The number of rotatable bonds is 9. The van der Waals surface area contributed by atoms with E-state index in [1.54, 1.807) is 6.08 Å². The molecular weight excluding hydrogens is 669 g/mol. The first-order valence-corrected chi connectivity index (χ1v) is 17.5. The summed E-state index contributed by atoms with van der Waals surface area (Å²) in [4.78, 5) is 61.8. The van der Waals surface area contributed by atoms with Gasteiger partial charge in [-0.3, -0.25) is 19.3 Å². The lowest BCUT2D eigenvalue weighted by Gasteiger charge is -2.49. The van der Waals surface area contributed by atoms with Crippen molar-refractivity contribution in [3.63, 3.8) is 0 Å². The molecule has 0 radical (unpaired) electrons. The first-order chi connectivity index (χ1) is 23.8. The summed E-state index contributed by atoms with van der Waals surface area (Å²) in [6.07, 6.45) is 2.33. The van der Waals surface area contributed by atoms with Gasteiger partial charge in [0.05, 0.1) is 0 Å². The van der Waals surface area contributed by atoms with Crippen LogP contribution in [0, 0.1) is 0 Å². The third-order valence-electron chi connectivity index (χ3n) is 8.86. The molecule has 5 heterocycles. The molecule has 0 spiro atoms. The Balaban J connectivity index is 1.20. The second kappa shape index (κ2) is 13.8. The summed E-state index contributed by atoms with van der Waals surface area (Å²) < 4.78 is 10.1. The van der Waals surface area contributed by atoms with Crippen LogP contribution in [0.15, 0.2) is 88.7 Å². The van der Waals surface area contributed by atoms with Crippen molar-refractivity contribution < 1.29 is 29.1 Å². The van der Waals surface area contributed by atoms with Gasteiger partial charge in [0.25, 0.3) is 11.8 Å². The van der Waals surface area contributed by atoms with Gasteiger partial charge in [-0.05, 0) is 42.2 Å². The molecule has 1 aromatic heterocycles. The largest absolute Gasteiger partial charge is 0.448 e. The standard InChI is InChI=1S/C33H32N8O6S2/c34-33-37-27(39-49-33)23(38-46)28(42)36-24-30(44)41-25(32(45)47-26(18-7-3-1-4-8-18)19-9-5-2-6-10-19)21(17-48-31(24)41)15-20-12-14-40(29(20)43)22-11-13-35-16-22/h1-10,15,22,24,26,31,35,46H,11-14,16-17H2,(H,36,42)(H2,34,37,39)/b20-15+,38-23-/t22-,24-,31-/m1/s1. The molecule has 49 heavy (non-hydrogen) atoms. The zero-order valence-corrected chi connectivity index (χ0v) is 27.7. The van der Waals surface area contributed by atoms with E-state index >= 15 is 0 Å². The van der Waals surface area contributed by atoms with Gasteiger partial charge in [0.1, 0.15) is 17.1 Å². The molecule has 3 aromatic rings. The molecule has 16 heteroatoms. The highest BCUT2D eigenvalue weighted by molar-refractivity contribution is 8.00. The van der Waals surface area contributed by atoms with Gasteiger partial charge in [-0.25, -0.2) is 4.79 Å². The number of anilines is 1. The number of hydrogen-bond donors (Lipinski definition) is 4. The highest BCUT2D eigenvalue weighted by Crippen LogP contribution is 2.42. The number of allylic oxidation sites excluding steroid dienone is 1. The lowest BCUT2D eigenvalue weighted by Crippen LogP contribution is -2.71. The summed E-state index contributed by atoms with van der Waals surface area (Å²) in [6, 6.07) is 17.6. The average Bonchev–Trinajstić information content (AvgIpc) is 3.89. The average molecular weight is 701 g/mol. The minimum Gasteiger partial charge on any atom is -0.448 e. The van der Waals surface area contributed by atoms with Crippen LogP contribution in [0.3, 0.4) is 0 Å². The third-order valence-corrected chi connectivity index (χ3v) is 10.7. The first kappa shape index (κ1) is 32.5. The van der Waals surface area contributed by atoms with Crippen LogP contribution < -0.4 is 16.4 Å². The third kappa shape index (κ3) is 6.29. The van der Waals surface area contributed by atoms with Gasteiger partial charge in [-0.2, -0.15) is 9.36 Å². The van der Waals surface area contributed by atoms with Gasteiger partial charge in [0.2, 0.25) is 17.4 Å². The minimum atomic E-state index is -1.06.